The quantitative estimate of drug-likeness (QED) is 0.758. The summed E-state index contributed by atoms with van der Waals surface area (Å²) in [6.07, 6.45) is 0. The van der Waals surface area contributed by atoms with Gasteiger partial charge in [0.2, 0.25) is 0 Å². The number of rotatable bonds is 5. The molecule has 0 fully saturated rings. The van der Waals surface area contributed by atoms with Gasteiger partial charge in [-0.3, -0.25) is 0 Å². The van der Waals surface area contributed by atoms with Gasteiger partial charge in [-0.05, 0) is 48.8 Å². The van der Waals surface area contributed by atoms with Gasteiger partial charge in [0.05, 0.1) is 4.90 Å². The fourth-order valence-corrected chi connectivity index (χ4v) is 5.52. The molecule has 22 heavy (non-hydrogen) atoms. The predicted molar refractivity (Wildman–Crippen MR) is 93.2 cm³/mol. The average Bonchev–Trinajstić information content (AvgIpc) is 2.48. The van der Waals surface area contributed by atoms with Gasteiger partial charge in [-0.25, -0.2) is 0 Å². The Balaban J connectivity index is 2.44. The molecule has 0 heterocycles. The Morgan fingerprint density at radius 1 is 0.955 bits per heavy atom. The molecular weight excluding hydrogens is 338 g/mol. The van der Waals surface area contributed by atoms with E-state index in [0.717, 1.165) is 16.0 Å². The van der Waals surface area contributed by atoms with Crippen molar-refractivity contribution in [1.29, 1.82) is 0 Å². The summed E-state index contributed by atoms with van der Waals surface area (Å²) in [6.45, 7) is 3.90. The molecule has 3 nitrogen and oxygen atoms in total. The fourth-order valence-electron chi connectivity index (χ4n) is 1.84. The Morgan fingerprint density at radius 2 is 1.45 bits per heavy atom. The second-order valence-electron chi connectivity index (χ2n) is 4.93. The number of nitrogens with zero attached hydrogens (tertiary/aromatic N) is 1. The minimum Gasteiger partial charge on any atom is -0.199 e. The van der Waals surface area contributed by atoms with Crippen molar-refractivity contribution in [2.75, 3.05) is 11.6 Å². The molecule has 0 aromatic heterocycles. The number of sulfonamides is 1. The van der Waals surface area contributed by atoms with E-state index in [9.17, 15) is 8.42 Å². The maximum Gasteiger partial charge on any atom is 0.288 e. The maximum absolute atomic E-state index is 12.5. The first kappa shape index (κ1) is 17.2. The van der Waals surface area contributed by atoms with E-state index in [0.29, 0.717) is 11.6 Å². The minimum atomic E-state index is -3.68. The highest BCUT2D eigenvalue weighted by Crippen LogP contribution is 2.18. The van der Waals surface area contributed by atoms with Crippen LogP contribution in [0.1, 0.15) is 11.1 Å². The summed E-state index contributed by atoms with van der Waals surface area (Å²) in [7, 11) is -4.44. The molecule has 2 aromatic rings. The van der Waals surface area contributed by atoms with E-state index in [2.05, 4.69) is 3.77 Å². The lowest BCUT2D eigenvalue weighted by molar-refractivity contribution is 0.598. The molecule has 2 aromatic carbocycles. The third-order valence-corrected chi connectivity index (χ3v) is 7.26. The average molecular weight is 356 g/mol. The van der Waals surface area contributed by atoms with Crippen molar-refractivity contribution in [3.63, 3.8) is 0 Å². The van der Waals surface area contributed by atoms with Crippen LogP contribution in [0.4, 0.5) is 0 Å². The number of hydrogen-bond acceptors (Lipinski definition) is 2. The first-order chi connectivity index (χ1) is 10.4. The monoisotopic (exact) mass is 355 g/mol. The van der Waals surface area contributed by atoms with Gasteiger partial charge >= 0.3 is 0 Å². The van der Waals surface area contributed by atoms with Crippen LogP contribution in [0.5, 0.6) is 0 Å². The van der Waals surface area contributed by atoms with Crippen LogP contribution >= 0.6 is 11.6 Å². The Labute approximate surface area is 139 Å². The normalized spacial score (nSPS) is 13.2. The molecule has 0 N–H and O–H groups in total. The smallest absolute Gasteiger partial charge is 0.199 e. The summed E-state index contributed by atoms with van der Waals surface area (Å²) in [5.41, 5.74) is 2.14. The molecule has 6 heteroatoms. The van der Waals surface area contributed by atoms with Gasteiger partial charge in [-0.1, -0.05) is 35.4 Å². The summed E-state index contributed by atoms with van der Waals surface area (Å²) in [5, 5.41) is 0. The van der Waals surface area contributed by atoms with Gasteiger partial charge in [0.1, 0.15) is 0 Å². The molecule has 0 amide bonds. The second-order valence-corrected chi connectivity index (χ2v) is 8.94. The van der Waals surface area contributed by atoms with Crippen molar-refractivity contribution in [3.8, 4) is 0 Å². The lowest BCUT2D eigenvalue weighted by Crippen LogP contribution is -2.05. The standard InChI is InChI=1S/C16H18ClNO2S2/c1-13-3-7-15(8-4-13)21(12-11-17)18-22(19,20)16-9-5-14(2)6-10-16/h3-10H,11-12H2,1-2H3. The number of benzene rings is 2. The molecule has 0 aliphatic rings. The van der Waals surface area contributed by atoms with Crippen LogP contribution in [0.15, 0.2) is 62.1 Å². The van der Waals surface area contributed by atoms with Crippen LogP contribution in [-0.4, -0.2) is 20.1 Å². The molecule has 1 atom stereocenters. The summed E-state index contributed by atoms with van der Waals surface area (Å²) in [6, 6.07) is 14.5. The summed E-state index contributed by atoms with van der Waals surface area (Å²) < 4.78 is 29.0. The molecular formula is C16H18ClNO2S2. The van der Waals surface area contributed by atoms with Gasteiger partial charge in [-0.2, -0.15) is 8.42 Å². The second kappa shape index (κ2) is 7.40. The number of alkyl halides is 1. The molecule has 2 rings (SSSR count). The van der Waals surface area contributed by atoms with E-state index in [1.54, 1.807) is 24.3 Å². The van der Waals surface area contributed by atoms with Crippen molar-refractivity contribution < 1.29 is 8.42 Å². The van der Waals surface area contributed by atoms with Gasteiger partial charge in [0.25, 0.3) is 10.0 Å². The van der Waals surface area contributed by atoms with E-state index < -0.39 is 20.7 Å². The van der Waals surface area contributed by atoms with Crippen LogP contribution in [0.25, 0.3) is 0 Å². The molecule has 0 aliphatic carbocycles. The van der Waals surface area contributed by atoms with Crippen LogP contribution in [0.3, 0.4) is 0 Å². The largest absolute Gasteiger partial charge is 0.288 e. The van der Waals surface area contributed by atoms with Crippen LogP contribution in [0, 0.1) is 13.8 Å². The van der Waals surface area contributed by atoms with Crippen LogP contribution in [-0.2, 0) is 20.7 Å². The highest BCUT2D eigenvalue weighted by molar-refractivity contribution is 8.00. The van der Waals surface area contributed by atoms with E-state index in [4.69, 9.17) is 11.6 Å². The molecule has 1 unspecified atom stereocenters. The van der Waals surface area contributed by atoms with E-state index in [1.165, 1.54) is 0 Å². The summed E-state index contributed by atoms with van der Waals surface area (Å²) in [4.78, 5) is 1.11. The topological polar surface area (TPSA) is 46.5 Å². The van der Waals surface area contributed by atoms with Crippen molar-refractivity contribution >= 4 is 32.3 Å². The first-order valence-electron chi connectivity index (χ1n) is 6.81. The SMILES string of the molecule is Cc1ccc(/S(CCCl)=N\S(=O)(=O)c2ccc(C)cc2)cc1. The molecule has 0 saturated carbocycles. The lowest BCUT2D eigenvalue weighted by atomic mass is 10.2. The summed E-state index contributed by atoms with van der Waals surface area (Å²) >= 11 is 5.83. The highest BCUT2D eigenvalue weighted by atomic mass is 35.5. The van der Waals surface area contributed by atoms with Gasteiger partial charge in [0.15, 0.2) is 0 Å². The zero-order valence-electron chi connectivity index (χ0n) is 12.5. The minimum absolute atomic E-state index is 0.220. The third kappa shape index (κ3) is 4.41. The van der Waals surface area contributed by atoms with Crippen molar-refractivity contribution in [2.45, 2.75) is 23.6 Å². The lowest BCUT2D eigenvalue weighted by Gasteiger charge is -2.08. The van der Waals surface area contributed by atoms with E-state index in [1.807, 2.05) is 38.1 Å². The number of halogens is 1. The van der Waals surface area contributed by atoms with Crippen LogP contribution < -0.4 is 0 Å². The maximum atomic E-state index is 12.5. The number of aryl methyl sites for hydroxylation is 2. The Hall–Kier alpha value is -1.17. The predicted octanol–water partition coefficient (Wildman–Crippen LogP) is 4.09. The van der Waals surface area contributed by atoms with Crippen molar-refractivity contribution in [1.82, 2.24) is 0 Å². The van der Waals surface area contributed by atoms with E-state index in [-0.39, 0.29) is 4.90 Å². The molecule has 0 bridgehead atoms. The Bertz CT molecular complexity index is 767. The van der Waals surface area contributed by atoms with Gasteiger partial charge < -0.3 is 0 Å². The molecule has 0 radical (unpaired) electrons. The zero-order chi connectivity index (χ0) is 16.2. The summed E-state index contributed by atoms with van der Waals surface area (Å²) in [5.74, 6) is 0.875. The highest BCUT2D eigenvalue weighted by Gasteiger charge is 2.14. The van der Waals surface area contributed by atoms with E-state index >= 15 is 0 Å². The fraction of sp³-hybridized carbons (Fsp3) is 0.250. The molecule has 0 aliphatic heterocycles. The Morgan fingerprint density at radius 3 is 1.95 bits per heavy atom. The molecule has 118 valence electrons. The molecule has 0 saturated heterocycles. The van der Waals surface area contributed by atoms with Crippen LogP contribution in [0.2, 0.25) is 0 Å². The van der Waals surface area contributed by atoms with Crippen molar-refractivity contribution in [3.05, 3.63) is 59.7 Å². The first-order valence-corrected chi connectivity index (χ1v) is 10.1. The number of hydrogen-bond donors (Lipinski definition) is 0. The third-order valence-electron chi connectivity index (χ3n) is 3.07. The van der Waals surface area contributed by atoms with Gasteiger partial charge in [-0.15, -0.1) is 15.4 Å². The van der Waals surface area contributed by atoms with Gasteiger partial charge in [0, 0.05) is 16.5 Å². The van der Waals surface area contributed by atoms with Crippen molar-refractivity contribution in [2.24, 2.45) is 3.77 Å². The Kier molecular flexibility index (Phi) is 5.78. The molecule has 0 spiro atoms. The zero-order valence-corrected chi connectivity index (χ0v) is 14.9.